The highest BCUT2D eigenvalue weighted by Gasteiger charge is 2.78. The van der Waals surface area contributed by atoms with Crippen LogP contribution in [0.3, 0.4) is 0 Å². The molecule has 2 bridgehead atoms. The summed E-state index contributed by atoms with van der Waals surface area (Å²) >= 11 is 0. The number of benzene rings is 2. The van der Waals surface area contributed by atoms with Crippen molar-refractivity contribution in [2.75, 3.05) is 0 Å². The molecule has 3 heteroatoms. The Kier molecular flexibility index (Phi) is 5.51. The summed E-state index contributed by atoms with van der Waals surface area (Å²) in [7, 11) is 0. The Labute approximate surface area is 207 Å². The topological polar surface area (TPSA) is 35.5 Å². The highest BCUT2D eigenvalue weighted by atomic mass is 16.8. The van der Waals surface area contributed by atoms with Crippen molar-refractivity contribution in [3.8, 4) is 0 Å². The minimum absolute atomic E-state index is 0.221. The monoisotopic (exact) mass is 464 g/mol. The predicted molar refractivity (Wildman–Crippen MR) is 139 cm³/mol. The SMILES string of the molecule is CC12CCC[C@@]13O[C@@H](C2=O)C1(O3)/C(=C/C=C/c2ccccc2)CCC/C1=C\C=C\c1ccccc1. The van der Waals surface area contributed by atoms with E-state index in [-0.39, 0.29) is 5.78 Å². The fourth-order valence-corrected chi connectivity index (χ4v) is 6.55. The third-order valence-electron chi connectivity index (χ3n) is 8.43. The van der Waals surface area contributed by atoms with Crippen LogP contribution in [0, 0.1) is 5.41 Å². The molecule has 2 saturated carbocycles. The number of allylic oxidation sites excluding steroid dienone is 4. The first-order valence-corrected chi connectivity index (χ1v) is 12.9. The quantitative estimate of drug-likeness (QED) is 0.485. The summed E-state index contributed by atoms with van der Waals surface area (Å²) < 4.78 is 13.6. The van der Waals surface area contributed by atoms with Crippen molar-refractivity contribution in [1.29, 1.82) is 0 Å². The Balaban J connectivity index is 1.41. The molecule has 2 aromatic carbocycles. The average Bonchev–Trinajstić information content (AvgIpc) is 3.47. The molecular formula is C32H32O3. The van der Waals surface area contributed by atoms with E-state index in [4.69, 9.17) is 9.47 Å². The van der Waals surface area contributed by atoms with Gasteiger partial charge in [0.25, 0.3) is 0 Å². The first-order valence-electron chi connectivity index (χ1n) is 12.9. The zero-order valence-electron chi connectivity index (χ0n) is 20.3. The largest absolute Gasteiger partial charge is 0.334 e. The van der Waals surface area contributed by atoms with Gasteiger partial charge in [-0.2, -0.15) is 0 Å². The number of fused-ring (bicyclic) bond motifs is 2. The maximum Gasteiger partial charge on any atom is 0.183 e. The molecule has 0 radical (unpaired) electrons. The van der Waals surface area contributed by atoms with Gasteiger partial charge in [0.1, 0.15) is 5.60 Å². The van der Waals surface area contributed by atoms with Gasteiger partial charge < -0.3 is 9.47 Å². The molecule has 0 amide bonds. The van der Waals surface area contributed by atoms with E-state index in [1.165, 1.54) is 0 Å². The van der Waals surface area contributed by atoms with Gasteiger partial charge in [-0.1, -0.05) is 97.1 Å². The zero-order chi connectivity index (χ0) is 23.9. The Hall–Kier alpha value is -3.01. The smallest absolute Gasteiger partial charge is 0.183 e. The van der Waals surface area contributed by atoms with Crippen molar-refractivity contribution in [3.63, 3.8) is 0 Å². The summed E-state index contributed by atoms with van der Waals surface area (Å²) in [5.41, 5.74) is 3.27. The molecule has 3 nitrogen and oxygen atoms in total. The third-order valence-corrected chi connectivity index (χ3v) is 8.43. The van der Waals surface area contributed by atoms with E-state index in [1.807, 2.05) is 36.4 Å². The van der Waals surface area contributed by atoms with Crippen LogP contribution in [0.1, 0.15) is 56.6 Å². The number of Topliss-reactive ketones (excluding diaryl/α,β-unsaturated/α-hetero) is 1. The molecule has 4 fully saturated rings. The van der Waals surface area contributed by atoms with E-state index in [0.717, 1.165) is 60.8 Å². The molecule has 4 aliphatic rings. The van der Waals surface area contributed by atoms with Gasteiger partial charge in [0.05, 0.1) is 5.41 Å². The number of hydrogen-bond acceptors (Lipinski definition) is 3. The standard InChI is InChI=1S/C32H32O3/c1-30-22-11-23-31(30)34-29(28(30)33)32(35-31)26(18-8-16-24-12-4-2-5-13-24)20-10-21-27(32)19-9-17-25-14-6-3-7-15-25/h2-9,12-19,29H,10-11,20-23H2,1H3/b16-8+,17-9+,26-18+,27-19+/t29-,30?,31-/m0/s1. The van der Waals surface area contributed by atoms with Crippen molar-refractivity contribution in [3.05, 3.63) is 107 Å². The molecule has 0 aromatic heterocycles. The molecule has 0 N–H and O–H groups in total. The lowest BCUT2D eigenvalue weighted by Crippen LogP contribution is -2.59. The highest BCUT2D eigenvalue weighted by Crippen LogP contribution is 2.67. The van der Waals surface area contributed by atoms with Gasteiger partial charge in [-0.15, -0.1) is 0 Å². The summed E-state index contributed by atoms with van der Waals surface area (Å²) in [4.78, 5) is 13.8. The minimum Gasteiger partial charge on any atom is -0.334 e. The van der Waals surface area contributed by atoms with E-state index in [1.54, 1.807) is 0 Å². The fourth-order valence-electron chi connectivity index (χ4n) is 6.55. The van der Waals surface area contributed by atoms with Crippen molar-refractivity contribution in [1.82, 2.24) is 0 Å². The van der Waals surface area contributed by atoms with Crippen molar-refractivity contribution < 1.29 is 14.3 Å². The molecule has 35 heavy (non-hydrogen) atoms. The molecule has 2 aromatic rings. The second kappa shape index (κ2) is 8.58. The highest BCUT2D eigenvalue weighted by molar-refractivity contribution is 5.95. The number of ether oxygens (including phenoxy) is 2. The molecule has 6 rings (SSSR count). The molecule has 178 valence electrons. The van der Waals surface area contributed by atoms with Gasteiger partial charge in [-0.05, 0) is 61.3 Å². The second-order valence-electron chi connectivity index (χ2n) is 10.4. The van der Waals surface area contributed by atoms with Crippen LogP contribution >= 0.6 is 0 Å². The van der Waals surface area contributed by atoms with E-state index in [2.05, 4.69) is 67.6 Å². The third kappa shape index (κ3) is 3.44. The van der Waals surface area contributed by atoms with Gasteiger partial charge in [-0.25, -0.2) is 0 Å². The Bertz CT molecular complexity index is 1170. The van der Waals surface area contributed by atoms with Crippen LogP contribution in [-0.2, 0) is 14.3 Å². The van der Waals surface area contributed by atoms with Crippen LogP contribution in [0.15, 0.2) is 96.1 Å². The molecule has 2 aliphatic carbocycles. The van der Waals surface area contributed by atoms with Gasteiger partial charge in [0, 0.05) is 6.42 Å². The predicted octanol–water partition coefficient (Wildman–Crippen LogP) is 7.07. The normalized spacial score (nSPS) is 36.4. The van der Waals surface area contributed by atoms with Crippen LogP contribution in [0.5, 0.6) is 0 Å². The van der Waals surface area contributed by atoms with Crippen LogP contribution in [0.2, 0.25) is 0 Å². The first-order chi connectivity index (χ1) is 17.1. The summed E-state index contributed by atoms with van der Waals surface area (Å²) in [6.07, 6.45) is 17.6. The number of ketones is 1. The molecular weight excluding hydrogens is 432 g/mol. The maximum absolute atomic E-state index is 13.8. The van der Waals surface area contributed by atoms with Gasteiger partial charge in [0.2, 0.25) is 0 Å². The molecule has 2 aliphatic heterocycles. The fraction of sp³-hybridized carbons (Fsp3) is 0.344. The summed E-state index contributed by atoms with van der Waals surface area (Å²) in [6.45, 7) is 2.05. The summed E-state index contributed by atoms with van der Waals surface area (Å²) in [5, 5.41) is 0. The summed E-state index contributed by atoms with van der Waals surface area (Å²) in [5.74, 6) is -0.574. The van der Waals surface area contributed by atoms with Crippen LogP contribution in [0.4, 0.5) is 0 Å². The number of rotatable bonds is 4. The van der Waals surface area contributed by atoms with E-state index < -0.39 is 22.9 Å². The number of hydrogen-bond donors (Lipinski definition) is 0. The Morgan fingerprint density at radius 3 is 1.94 bits per heavy atom. The zero-order valence-corrected chi connectivity index (χ0v) is 20.3. The van der Waals surface area contributed by atoms with Crippen LogP contribution < -0.4 is 0 Å². The van der Waals surface area contributed by atoms with Gasteiger partial charge in [-0.3, -0.25) is 4.79 Å². The number of carbonyl (C=O) groups is 1. The lowest BCUT2D eigenvalue weighted by molar-refractivity contribution is -0.213. The molecule has 1 unspecified atom stereocenters. The first kappa shape index (κ1) is 22.5. The van der Waals surface area contributed by atoms with Gasteiger partial charge in [0.15, 0.2) is 17.7 Å². The average molecular weight is 465 g/mol. The summed E-state index contributed by atoms with van der Waals surface area (Å²) in [6, 6.07) is 20.6. The van der Waals surface area contributed by atoms with Crippen molar-refractivity contribution in [2.45, 2.75) is 62.9 Å². The van der Waals surface area contributed by atoms with E-state index in [9.17, 15) is 4.79 Å². The molecule has 2 heterocycles. The lowest BCUT2D eigenvalue weighted by atomic mass is 9.66. The molecule has 3 atom stereocenters. The van der Waals surface area contributed by atoms with Gasteiger partial charge >= 0.3 is 0 Å². The van der Waals surface area contributed by atoms with Crippen LogP contribution in [0.25, 0.3) is 12.2 Å². The number of carbonyl (C=O) groups excluding carboxylic acids is 1. The minimum atomic E-state index is -0.804. The van der Waals surface area contributed by atoms with E-state index >= 15 is 0 Å². The van der Waals surface area contributed by atoms with Crippen molar-refractivity contribution >= 4 is 17.9 Å². The maximum atomic E-state index is 13.8. The lowest BCUT2D eigenvalue weighted by Gasteiger charge is -2.47. The molecule has 2 saturated heterocycles. The van der Waals surface area contributed by atoms with E-state index in [0.29, 0.717) is 0 Å². The Morgan fingerprint density at radius 2 is 1.37 bits per heavy atom. The molecule has 2 spiro atoms. The van der Waals surface area contributed by atoms with Crippen LogP contribution in [-0.4, -0.2) is 23.3 Å². The van der Waals surface area contributed by atoms with Crippen molar-refractivity contribution in [2.24, 2.45) is 5.41 Å². The second-order valence-corrected chi connectivity index (χ2v) is 10.4. The Morgan fingerprint density at radius 1 is 0.800 bits per heavy atom.